The van der Waals surface area contributed by atoms with Gasteiger partial charge in [0.25, 0.3) is 11.8 Å². The summed E-state index contributed by atoms with van der Waals surface area (Å²) in [5.74, 6) is -1.68. The summed E-state index contributed by atoms with van der Waals surface area (Å²) < 4.78 is 9.90. The Kier molecular flexibility index (Phi) is 6.68. The number of rotatable bonds is 6. The third-order valence-electron chi connectivity index (χ3n) is 3.54. The first kappa shape index (κ1) is 18.9. The van der Waals surface area contributed by atoms with Crippen LogP contribution in [-0.4, -0.2) is 31.5 Å². The van der Waals surface area contributed by atoms with E-state index in [2.05, 4.69) is 5.32 Å². The molecule has 2 aromatic carbocycles. The summed E-state index contributed by atoms with van der Waals surface area (Å²) in [4.78, 5) is 35.5. The minimum Gasteiger partial charge on any atom is -0.496 e. The van der Waals surface area contributed by atoms with Crippen molar-refractivity contribution in [1.29, 1.82) is 0 Å². The van der Waals surface area contributed by atoms with E-state index in [9.17, 15) is 14.4 Å². The summed E-state index contributed by atoms with van der Waals surface area (Å²) in [6, 6.07) is 14.0. The lowest BCUT2D eigenvalue weighted by molar-refractivity contribution is -0.143. The fraction of sp³-hybridized carbons (Fsp3) is 0.150. The van der Waals surface area contributed by atoms with Gasteiger partial charge < -0.3 is 9.47 Å². The van der Waals surface area contributed by atoms with Gasteiger partial charge in [0.05, 0.1) is 12.7 Å². The molecule has 0 saturated carbocycles. The average molecular weight is 353 g/mol. The number of esters is 1. The van der Waals surface area contributed by atoms with Gasteiger partial charge in [0.1, 0.15) is 5.75 Å². The fourth-order valence-electron chi connectivity index (χ4n) is 2.18. The SMILES string of the molecule is COc1ccccc1C(=O)NC(=O)COC(=O)/C=C/c1ccccc1C. The molecule has 0 aliphatic rings. The van der Waals surface area contributed by atoms with E-state index in [1.165, 1.54) is 19.3 Å². The Labute approximate surface area is 151 Å². The molecular formula is C20H19NO5. The Morgan fingerprint density at radius 1 is 1.04 bits per heavy atom. The first-order valence-electron chi connectivity index (χ1n) is 7.89. The van der Waals surface area contributed by atoms with Crippen LogP contribution in [0.15, 0.2) is 54.6 Å². The summed E-state index contributed by atoms with van der Waals surface area (Å²) in [5, 5.41) is 2.15. The Morgan fingerprint density at radius 3 is 2.46 bits per heavy atom. The van der Waals surface area contributed by atoms with Crippen LogP contribution >= 0.6 is 0 Å². The monoisotopic (exact) mass is 353 g/mol. The van der Waals surface area contributed by atoms with E-state index in [1.54, 1.807) is 24.3 Å². The maximum atomic E-state index is 12.1. The number of benzene rings is 2. The first-order chi connectivity index (χ1) is 12.5. The van der Waals surface area contributed by atoms with Crippen molar-refractivity contribution in [2.45, 2.75) is 6.92 Å². The molecule has 6 nitrogen and oxygen atoms in total. The predicted molar refractivity (Wildman–Crippen MR) is 96.6 cm³/mol. The zero-order valence-corrected chi connectivity index (χ0v) is 14.5. The molecule has 2 rings (SSSR count). The van der Waals surface area contributed by atoms with Crippen LogP contribution < -0.4 is 10.1 Å². The van der Waals surface area contributed by atoms with Gasteiger partial charge in [0.2, 0.25) is 0 Å². The average Bonchev–Trinajstić information content (AvgIpc) is 2.65. The maximum Gasteiger partial charge on any atom is 0.331 e. The number of carbonyl (C=O) groups is 3. The number of hydrogen-bond donors (Lipinski definition) is 1. The van der Waals surface area contributed by atoms with Gasteiger partial charge in [-0.1, -0.05) is 36.4 Å². The molecule has 0 heterocycles. The molecule has 0 fully saturated rings. The van der Waals surface area contributed by atoms with Crippen LogP contribution in [0.25, 0.3) is 6.08 Å². The van der Waals surface area contributed by atoms with Gasteiger partial charge in [-0.15, -0.1) is 0 Å². The van der Waals surface area contributed by atoms with Gasteiger partial charge in [-0.3, -0.25) is 14.9 Å². The zero-order valence-electron chi connectivity index (χ0n) is 14.5. The number of amides is 2. The Balaban J connectivity index is 1.85. The second kappa shape index (κ2) is 9.17. The molecule has 0 atom stereocenters. The van der Waals surface area contributed by atoms with Crippen molar-refractivity contribution in [3.05, 3.63) is 71.3 Å². The molecule has 0 radical (unpaired) electrons. The summed E-state index contributed by atoms with van der Waals surface area (Å²) in [6.07, 6.45) is 2.84. The molecule has 26 heavy (non-hydrogen) atoms. The molecule has 0 saturated heterocycles. The molecule has 0 unspecified atom stereocenters. The van der Waals surface area contributed by atoms with Crippen LogP contribution in [0.3, 0.4) is 0 Å². The summed E-state index contributed by atoms with van der Waals surface area (Å²) in [5.41, 5.74) is 2.10. The van der Waals surface area contributed by atoms with E-state index in [0.29, 0.717) is 5.75 Å². The predicted octanol–water partition coefficient (Wildman–Crippen LogP) is 2.52. The second-order valence-electron chi connectivity index (χ2n) is 5.38. The number of carbonyl (C=O) groups excluding carboxylic acids is 3. The third-order valence-corrected chi connectivity index (χ3v) is 3.54. The van der Waals surface area contributed by atoms with Crippen molar-refractivity contribution in [1.82, 2.24) is 5.32 Å². The van der Waals surface area contributed by atoms with Gasteiger partial charge in [-0.2, -0.15) is 0 Å². The van der Waals surface area contributed by atoms with Gasteiger partial charge >= 0.3 is 5.97 Å². The molecular weight excluding hydrogens is 334 g/mol. The molecule has 0 bridgehead atoms. The number of aryl methyl sites for hydroxylation is 1. The van der Waals surface area contributed by atoms with Gasteiger partial charge in [0.15, 0.2) is 6.61 Å². The highest BCUT2D eigenvalue weighted by Crippen LogP contribution is 2.16. The van der Waals surface area contributed by atoms with Crippen LogP contribution in [0.1, 0.15) is 21.5 Å². The van der Waals surface area contributed by atoms with Crippen LogP contribution in [0.5, 0.6) is 5.75 Å². The lowest BCUT2D eigenvalue weighted by Gasteiger charge is -2.08. The van der Waals surface area contributed by atoms with Crippen LogP contribution in [0.4, 0.5) is 0 Å². The van der Waals surface area contributed by atoms with E-state index in [4.69, 9.17) is 9.47 Å². The normalized spacial score (nSPS) is 10.4. The van der Waals surface area contributed by atoms with Gasteiger partial charge in [-0.05, 0) is 36.3 Å². The lowest BCUT2D eigenvalue weighted by atomic mass is 10.1. The molecule has 0 aromatic heterocycles. The zero-order chi connectivity index (χ0) is 18.9. The quantitative estimate of drug-likeness (QED) is 0.637. The van der Waals surface area contributed by atoms with Crippen molar-refractivity contribution < 1.29 is 23.9 Å². The Bertz CT molecular complexity index is 842. The Hall–Kier alpha value is -3.41. The fourth-order valence-corrected chi connectivity index (χ4v) is 2.18. The van der Waals surface area contributed by atoms with Crippen molar-refractivity contribution in [2.24, 2.45) is 0 Å². The molecule has 0 aliphatic carbocycles. The molecule has 0 spiro atoms. The highest BCUT2D eigenvalue weighted by Gasteiger charge is 2.15. The molecule has 2 aromatic rings. The smallest absolute Gasteiger partial charge is 0.331 e. The lowest BCUT2D eigenvalue weighted by Crippen LogP contribution is -2.34. The molecule has 2 amide bonds. The second-order valence-corrected chi connectivity index (χ2v) is 5.38. The number of nitrogens with one attached hydrogen (secondary N) is 1. The number of imide groups is 1. The number of methoxy groups -OCH3 is 1. The minimum absolute atomic E-state index is 0.217. The van der Waals surface area contributed by atoms with E-state index < -0.39 is 24.4 Å². The third kappa shape index (κ3) is 5.31. The van der Waals surface area contributed by atoms with Crippen LogP contribution in [-0.2, 0) is 14.3 Å². The number of para-hydroxylation sites is 1. The van der Waals surface area contributed by atoms with E-state index in [0.717, 1.165) is 11.1 Å². The van der Waals surface area contributed by atoms with Crippen LogP contribution in [0.2, 0.25) is 0 Å². The molecule has 6 heteroatoms. The minimum atomic E-state index is -0.724. The summed E-state index contributed by atoms with van der Waals surface area (Å²) in [7, 11) is 1.43. The number of hydrogen-bond acceptors (Lipinski definition) is 5. The van der Waals surface area contributed by atoms with E-state index in [-0.39, 0.29) is 5.56 Å². The molecule has 0 aliphatic heterocycles. The molecule has 134 valence electrons. The Morgan fingerprint density at radius 2 is 1.73 bits per heavy atom. The van der Waals surface area contributed by atoms with Crippen molar-refractivity contribution in [3.8, 4) is 5.75 Å². The highest BCUT2D eigenvalue weighted by molar-refractivity contribution is 6.06. The van der Waals surface area contributed by atoms with Crippen molar-refractivity contribution in [2.75, 3.05) is 13.7 Å². The topological polar surface area (TPSA) is 81.7 Å². The van der Waals surface area contributed by atoms with Gasteiger partial charge in [-0.25, -0.2) is 4.79 Å². The highest BCUT2D eigenvalue weighted by atomic mass is 16.5. The summed E-state index contributed by atoms with van der Waals surface area (Å²) >= 11 is 0. The maximum absolute atomic E-state index is 12.1. The summed E-state index contributed by atoms with van der Waals surface area (Å²) in [6.45, 7) is 1.36. The van der Waals surface area contributed by atoms with Gasteiger partial charge in [0, 0.05) is 6.08 Å². The van der Waals surface area contributed by atoms with Crippen molar-refractivity contribution in [3.63, 3.8) is 0 Å². The van der Waals surface area contributed by atoms with Crippen molar-refractivity contribution >= 4 is 23.9 Å². The van der Waals surface area contributed by atoms with E-state index in [1.807, 2.05) is 31.2 Å². The molecule has 1 N–H and O–H groups in total. The van der Waals surface area contributed by atoms with Crippen LogP contribution in [0, 0.1) is 6.92 Å². The first-order valence-corrected chi connectivity index (χ1v) is 7.89. The standard InChI is InChI=1S/C20H19NO5/c1-14-7-3-4-8-15(14)11-12-19(23)26-13-18(22)21-20(24)16-9-5-6-10-17(16)25-2/h3-12H,13H2,1-2H3,(H,21,22,24)/b12-11+. The number of ether oxygens (including phenoxy) is 2. The van der Waals surface area contributed by atoms with E-state index >= 15 is 0 Å². The largest absolute Gasteiger partial charge is 0.496 e.